The van der Waals surface area contributed by atoms with Crippen molar-refractivity contribution in [1.82, 2.24) is 14.8 Å². The molecule has 1 aromatic heterocycles. The van der Waals surface area contributed by atoms with E-state index in [1.165, 1.54) is 12.3 Å². The Balaban J connectivity index is 2.65. The van der Waals surface area contributed by atoms with E-state index < -0.39 is 0 Å². The van der Waals surface area contributed by atoms with Crippen LogP contribution in [0.2, 0.25) is 5.02 Å². The van der Waals surface area contributed by atoms with Gasteiger partial charge in [-0.3, -0.25) is 4.79 Å². The predicted octanol–water partition coefficient (Wildman–Crippen LogP) is 1.34. The third-order valence-electron chi connectivity index (χ3n) is 2.55. The highest BCUT2D eigenvalue weighted by Gasteiger charge is 2.15. The number of anilines is 1. The van der Waals surface area contributed by atoms with Gasteiger partial charge in [0.1, 0.15) is 5.82 Å². The normalized spacial score (nSPS) is 10.7. The van der Waals surface area contributed by atoms with Gasteiger partial charge in [0.15, 0.2) is 0 Å². The zero-order chi connectivity index (χ0) is 13.7. The average molecular weight is 271 g/mol. The highest BCUT2D eigenvalue weighted by Crippen LogP contribution is 2.18. The number of hydrogen-bond donors (Lipinski definition) is 1. The van der Waals surface area contributed by atoms with E-state index in [0.29, 0.717) is 22.9 Å². The minimum Gasteiger partial charge on any atom is -0.384 e. The quantitative estimate of drug-likeness (QED) is 0.877. The Labute approximate surface area is 113 Å². The van der Waals surface area contributed by atoms with Crippen molar-refractivity contribution in [2.24, 2.45) is 0 Å². The van der Waals surface area contributed by atoms with Crippen LogP contribution in [0.5, 0.6) is 0 Å². The third-order valence-corrected chi connectivity index (χ3v) is 2.85. The van der Waals surface area contributed by atoms with Crippen molar-refractivity contribution in [1.29, 1.82) is 0 Å². The van der Waals surface area contributed by atoms with Gasteiger partial charge in [0.05, 0.1) is 10.6 Å². The summed E-state index contributed by atoms with van der Waals surface area (Å²) in [6, 6.07) is 1.51. The van der Waals surface area contributed by atoms with Crippen LogP contribution in [0, 0.1) is 0 Å². The number of carbonyl (C=O) groups is 1. The molecule has 1 aromatic rings. The Kier molecular flexibility index (Phi) is 5.37. The van der Waals surface area contributed by atoms with Crippen LogP contribution in [0.15, 0.2) is 12.3 Å². The molecule has 0 saturated heterocycles. The van der Waals surface area contributed by atoms with E-state index in [0.717, 1.165) is 13.0 Å². The zero-order valence-electron chi connectivity index (χ0n) is 11.0. The number of aromatic nitrogens is 1. The SMILES string of the molecule is CN(C)CCCN(C)C(=O)c1cc(N)ncc1Cl. The van der Waals surface area contributed by atoms with Gasteiger partial charge in [-0.25, -0.2) is 4.98 Å². The fraction of sp³-hybridized carbons (Fsp3) is 0.500. The molecule has 1 amide bonds. The lowest BCUT2D eigenvalue weighted by Gasteiger charge is -2.19. The first-order valence-electron chi connectivity index (χ1n) is 5.73. The van der Waals surface area contributed by atoms with E-state index in [4.69, 9.17) is 17.3 Å². The van der Waals surface area contributed by atoms with Crippen LogP contribution in [0.1, 0.15) is 16.8 Å². The number of nitrogen functional groups attached to an aromatic ring is 1. The Bertz CT molecular complexity index is 423. The summed E-state index contributed by atoms with van der Waals surface area (Å²) in [7, 11) is 5.76. The summed E-state index contributed by atoms with van der Waals surface area (Å²) in [4.78, 5) is 19.7. The summed E-state index contributed by atoms with van der Waals surface area (Å²) in [5.41, 5.74) is 5.96. The molecule has 0 aromatic carbocycles. The second-order valence-electron chi connectivity index (χ2n) is 4.47. The van der Waals surface area contributed by atoms with E-state index in [1.54, 1.807) is 11.9 Å². The van der Waals surface area contributed by atoms with E-state index in [9.17, 15) is 4.79 Å². The molecule has 0 saturated carbocycles. The molecule has 0 aliphatic carbocycles. The number of nitrogens with two attached hydrogens (primary N) is 1. The van der Waals surface area contributed by atoms with Gasteiger partial charge in [0, 0.05) is 19.8 Å². The van der Waals surface area contributed by atoms with Crippen molar-refractivity contribution in [3.8, 4) is 0 Å². The second kappa shape index (κ2) is 6.56. The van der Waals surface area contributed by atoms with Gasteiger partial charge in [0.2, 0.25) is 0 Å². The first kappa shape index (κ1) is 14.7. The fourth-order valence-electron chi connectivity index (χ4n) is 1.55. The number of hydrogen-bond acceptors (Lipinski definition) is 4. The van der Waals surface area contributed by atoms with Crippen LogP contribution < -0.4 is 5.73 Å². The van der Waals surface area contributed by atoms with Gasteiger partial charge in [-0.05, 0) is 33.1 Å². The number of nitrogens with zero attached hydrogens (tertiary/aromatic N) is 3. The van der Waals surface area contributed by atoms with Crippen molar-refractivity contribution in [2.75, 3.05) is 40.0 Å². The van der Waals surface area contributed by atoms with E-state index in [1.807, 2.05) is 14.1 Å². The maximum absolute atomic E-state index is 12.1. The number of pyridine rings is 1. The monoisotopic (exact) mass is 270 g/mol. The molecule has 5 nitrogen and oxygen atoms in total. The summed E-state index contributed by atoms with van der Waals surface area (Å²) in [6.07, 6.45) is 2.31. The summed E-state index contributed by atoms with van der Waals surface area (Å²) in [5.74, 6) is 0.164. The lowest BCUT2D eigenvalue weighted by molar-refractivity contribution is 0.0791. The molecule has 1 heterocycles. The minimum atomic E-state index is -0.132. The van der Waals surface area contributed by atoms with Gasteiger partial charge >= 0.3 is 0 Å². The van der Waals surface area contributed by atoms with Gasteiger partial charge in [0.25, 0.3) is 5.91 Å². The number of amides is 1. The highest BCUT2D eigenvalue weighted by molar-refractivity contribution is 6.33. The molecule has 100 valence electrons. The molecular formula is C12H19ClN4O. The first-order valence-corrected chi connectivity index (χ1v) is 6.11. The number of halogens is 1. The first-order chi connectivity index (χ1) is 8.41. The molecule has 18 heavy (non-hydrogen) atoms. The van der Waals surface area contributed by atoms with Crippen LogP contribution in [0.4, 0.5) is 5.82 Å². The molecule has 0 radical (unpaired) electrons. The van der Waals surface area contributed by atoms with Crippen LogP contribution in [0.25, 0.3) is 0 Å². The topological polar surface area (TPSA) is 62.5 Å². The van der Waals surface area contributed by atoms with Gasteiger partial charge in [-0.15, -0.1) is 0 Å². The van der Waals surface area contributed by atoms with Crippen LogP contribution in [-0.2, 0) is 0 Å². The van der Waals surface area contributed by atoms with Crippen molar-refractivity contribution >= 4 is 23.3 Å². The molecular weight excluding hydrogens is 252 g/mol. The highest BCUT2D eigenvalue weighted by atomic mass is 35.5. The Hall–Kier alpha value is -1.33. The zero-order valence-corrected chi connectivity index (χ0v) is 11.7. The summed E-state index contributed by atoms with van der Waals surface area (Å²) in [6.45, 7) is 1.61. The average Bonchev–Trinajstić information content (AvgIpc) is 2.30. The third kappa shape index (κ3) is 4.16. The van der Waals surface area contributed by atoms with E-state index >= 15 is 0 Å². The summed E-state index contributed by atoms with van der Waals surface area (Å²) in [5, 5.41) is 0.327. The summed E-state index contributed by atoms with van der Waals surface area (Å²) >= 11 is 5.95. The fourth-order valence-corrected chi connectivity index (χ4v) is 1.73. The lowest BCUT2D eigenvalue weighted by atomic mass is 10.2. The van der Waals surface area contributed by atoms with Crippen LogP contribution in [0.3, 0.4) is 0 Å². The molecule has 0 fully saturated rings. The van der Waals surface area contributed by atoms with Crippen molar-refractivity contribution in [2.45, 2.75) is 6.42 Å². The molecule has 0 aliphatic rings. The second-order valence-corrected chi connectivity index (χ2v) is 4.88. The number of carbonyl (C=O) groups excluding carboxylic acids is 1. The van der Waals surface area contributed by atoms with E-state index in [2.05, 4.69) is 9.88 Å². The smallest absolute Gasteiger partial charge is 0.255 e. The van der Waals surface area contributed by atoms with Gasteiger partial charge < -0.3 is 15.5 Å². The van der Waals surface area contributed by atoms with Crippen molar-refractivity contribution < 1.29 is 4.79 Å². The maximum atomic E-state index is 12.1. The standard InChI is InChI=1S/C12H19ClN4O/c1-16(2)5-4-6-17(3)12(18)9-7-11(14)15-8-10(9)13/h7-8H,4-6H2,1-3H3,(H2,14,15). The summed E-state index contributed by atoms with van der Waals surface area (Å²) < 4.78 is 0. The van der Waals surface area contributed by atoms with Crippen molar-refractivity contribution in [3.63, 3.8) is 0 Å². The van der Waals surface area contributed by atoms with Gasteiger partial charge in [-0.2, -0.15) is 0 Å². The van der Waals surface area contributed by atoms with Crippen LogP contribution in [-0.4, -0.2) is 54.9 Å². The Morgan fingerprint density at radius 1 is 1.39 bits per heavy atom. The Morgan fingerprint density at radius 3 is 2.67 bits per heavy atom. The predicted molar refractivity (Wildman–Crippen MR) is 73.8 cm³/mol. The van der Waals surface area contributed by atoms with Crippen LogP contribution >= 0.6 is 11.6 Å². The minimum absolute atomic E-state index is 0.132. The molecule has 0 unspecified atom stereocenters. The van der Waals surface area contributed by atoms with Crippen molar-refractivity contribution in [3.05, 3.63) is 22.8 Å². The molecule has 0 spiro atoms. The largest absolute Gasteiger partial charge is 0.384 e. The van der Waals surface area contributed by atoms with E-state index in [-0.39, 0.29) is 5.91 Å². The lowest BCUT2D eigenvalue weighted by Crippen LogP contribution is -2.30. The maximum Gasteiger partial charge on any atom is 0.255 e. The molecule has 1 rings (SSSR count). The van der Waals surface area contributed by atoms with Gasteiger partial charge in [-0.1, -0.05) is 11.6 Å². The molecule has 0 atom stereocenters. The molecule has 6 heteroatoms. The molecule has 0 bridgehead atoms. The molecule has 2 N–H and O–H groups in total. The molecule has 0 aliphatic heterocycles. The Morgan fingerprint density at radius 2 is 2.06 bits per heavy atom. The number of rotatable bonds is 5.